The van der Waals surface area contributed by atoms with E-state index in [0.717, 1.165) is 16.9 Å². The van der Waals surface area contributed by atoms with Crippen LogP contribution in [0.2, 0.25) is 0 Å². The Kier molecular flexibility index (Phi) is 5.87. The highest BCUT2D eigenvalue weighted by Gasteiger charge is 2.39. The maximum absolute atomic E-state index is 13.3. The molecule has 1 fully saturated rings. The summed E-state index contributed by atoms with van der Waals surface area (Å²) in [6.45, 7) is 4.09. The van der Waals surface area contributed by atoms with Crippen molar-refractivity contribution in [3.63, 3.8) is 0 Å². The first-order chi connectivity index (χ1) is 14.8. The minimum Gasteiger partial charge on any atom is -0.320 e. The van der Waals surface area contributed by atoms with Crippen LogP contribution in [0.3, 0.4) is 0 Å². The fourth-order valence-corrected chi connectivity index (χ4v) is 6.49. The number of hydrogen-bond acceptors (Lipinski definition) is 6. The summed E-state index contributed by atoms with van der Waals surface area (Å²) < 4.78 is 41.2. The summed E-state index contributed by atoms with van der Waals surface area (Å²) >= 11 is 1.07. The lowest BCUT2D eigenvalue weighted by Crippen LogP contribution is -2.31. The molecule has 31 heavy (non-hydrogen) atoms. The minimum absolute atomic E-state index is 0.120. The van der Waals surface area contributed by atoms with Gasteiger partial charge in [-0.15, -0.1) is 10.2 Å². The average molecular weight is 461 g/mol. The van der Waals surface area contributed by atoms with Crippen LogP contribution in [0, 0.1) is 19.7 Å². The molecule has 10 heteroatoms. The maximum Gasteiger partial charge on any atom is 0.286 e. The van der Waals surface area contributed by atoms with Gasteiger partial charge in [0.05, 0.1) is 10.9 Å². The van der Waals surface area contributed by atoms with E-state index in [2.05, 4.69) is 15.5 Å². The molecule has 0 bridgehead atoms. The van der Waals surface area contributed by atoms with Crippen LogP contribution < -0.4 is 5.32 Å². The van der Waals surface area contributed by atoms with Crippen LogP contribution >= 0.6 is 11.3 Å². The van der Waals surface area contributed by atoms with Gasteiger partial charge in [-0.1, -0.05) is 29.0 Å². The molecular formula is C21H21FN4O3S2. The molecule has 2 heterocycles. The molecule has 1 aliphatic rings. The quantitative estimate of drug-likeness (QED) is 0.620. The van der Waals surface area contributed by atoms with Gasteiger partial charge >= 0.3 is 0 Å². The number of aryl methyl sites for hydroxylation is 2. The van der Waals surface area contributed by atoms with E-state index < -0.39 is 27.8 Å². The number of anilines is 1. The van der Waals surface area contributed by atoms with Crippen molar-refractivity contribution in [1.82, 2.24) is 14.5 Å². The van der Waals surface area contributed by atoms with Gasteiger partial charge in [0.15, 0.2) is 0 Å². The molecule has 1 amide bonds. The van der Waals surface area contributed by atoms with Gasteiger partial charge < -0.3 is 5.32 Å². The molecule has 0 spiro atoms. The van der Waals surface area contributed by atoms with E-state index in [4.69, 9.17) is 0 Å². The van der Waals surface area contributed by atoms with Crippen molar-refractivity contribution in [1.29, 1.82) is 0 Å². The molecule has 4 rings (SSSR count). The summed E-state index contributed by atoms with van der Waals surface area (Å²) in [6.07, 6.45) is 1.31. The summed E-state index contributed by atoms with van der Waals surface area (Å²) in [5.74, 6) is -0.875. The molecule has 7 nitrogen and oxygen atoms in total. The van der Waals surface area contributed by atoms with Crippen molar-refractivity contribution in [2.75, 3.05) is 11.9 Å². The zero-order chi connectivity index (χ0) is 22.2. The lowest BCUT2D eigenvalue weighted by atomic mass is 10.2. The molecule has 1 saturated heterocycles. The third-order valence-electron chi connectivity index (χ3n) is 5.14. The Hall–Kier alpha value is -2.69. The number of nitrogens with one attached hydrogen (secondary N) is 1. The Morgan fingerprint density at radius 3 is 2.61 bits per heavy atom. The van der Waals surface area contributed by atoms with Crippen LogP contribution in [-0.4, -0.2) is 35.4 Å². The summed E-state index contributed by atoms with van der Waals surface area (Å²) in [6, 6.07) is 10.2. The Morgan fingerprint density at radius 2 is 1.90 bits per heavy atom. The number of nitrogens with zero attached hydrogens (tertiary/aromatic N) is 3. The van der Waals surface area contributed by atoms with E-state index in [9.17, 15) is 17.6 Å². The van der Waals surface area contributed by atoms with E-state index in [1.54, 1.807) is 19.1 Å². The van der Waals surface area contributed by atoms with Crippen LogP contribution in [-0.2, 0) is 10.0 Å². The third kappa shape index (κ3) is 4.36. The molecule has 0 radical (unpaired) electrons. The summed E-state index contributed by atoms with van der Waals surface area (Å²) in [7, 11) is -3.71. The number of carbonyl (C=O) groups is 1. The molecular weight excluding hydrogens is 439 g/mol. The highest BCUT2D eigenvalue weighted by atomic mass is 32.2. The van der Waals surface area contributed by atoms with Crippen LogP contribution in [0.15, 0.2) is 47.4 Å². The van der Waals surface area contributed by atoms with Gasteiger partial charge in [-0.05, 0) is 62.6 Å². The van der Waals surface area contributed by atoms with Crippen molar-refractivity contribution >= 4 is 33.0 Å². The summed E-state index contributed by atoms with van der Waals surface area (Å²) in [4.78, 5) is 12.8. The van der Waals surface area contributed by atoms with Crippen molar-refractivity contribution in [3.05, 3.63) is 69.4 Å². The van der Waals surface area contributed by atoms with Gasteiger partial charge in [0, 0.05) is 12.2 Å². The largest absolute Gasteiger partial charge is 0.320 e. The van der Waals surface area contributed by atoms with Crippen molar-refractivity contribution in [2.24, 2.45) is 0 Å². The smallest absolute Gasteiger partial charge is 0.286 e. The van der Waals surface area contributed by atoms with E-state index >= 15 is 0 Å². The number of benzene rings is 2. The molecule has 0 aliphatic carbocycles. The Bertz CT molecular complexity index is 1230. The van der Waals surface area contributed by atoms with E-state index in [1.165, 1.54) is 28.6 Å². The summed E-state index contributed by atoms with van der Waals surface area (Å²) in [5.41, 5.74) is 2.13. The lowest BCUT2D eigenvalue weighted by molar-refractivity contribution is 0.102. The van der Waals surface area contributed by atoms with Crippen LogP contribution in [0.4, 0.5) is 10.1 Å². The summed E-state index contributed by atoms with van der Waals surface area (Å²) in [5, 5.41) is 11.3. The van der Waals surface area contributed by atoms with Crippen molar-refractivity contribution < 1.29 is 17.6 Å². The van der Waals surface area contributed by atoms with Crippen molar-refractivity contribution in [3.8, 4) is 0 Å². The first-order valence-corrected chi connectivity index (χ1v) is 12.0. The molecule has 1 atom stereocenters. The number of halogens is 1. The molecule has 0 unspecified atom stereocenters. The van der Waals surface area contributed by atoms with Gasteiger partial charge in [-0.25, -0.2) is 12.8 Å². The van der Waals surface area contributed by atoms with Crippen molar-refractivity contribution in [2.45, 2.75) is 37.6 Å². The lowest BCUT2D eigenvalue weighted by Gasteiger charge is -2.23. The standard InChI is InChI=1S/C21H21FN4O3S2/c1-13-5-10-18(14(2)12-13)31(28,29)26-11-3-4-17(26)20-24-25-21(30-20)19(27)23-16-8-6-15(22)7-9-16/h5-10,12,17H,3-4,11H2,1-2H3,(H,23,27)/t17-/m1/s1. The molecule has 3 aromatic rings. The first kappa shape index (κ1) is 21.5. The monoisotopic (exact) mass is 460 g/mol. The predicted molar refractivity (Wildman–Crippen MR) is 116 cm³/mol. The second-order valence-corrected chi connectivity index (χ2v) is 10.3. The maximum atomic E-state index is 13.3. The number of carbonyl (C=O) groups excluding carboxylic acids is 1. The Morgan fingerprint density at radius 1 is 1.16 bits per heavy atom. The number of sulfonamides is 1. The van der Waals surface area contributed by atoms with Gasteiger partial charge in [-0.3, -0.25) is 4.79 Å². The van der Waals surface area contributed by atoms with E-state index in [1.807, 2.05) is 13.0 Å². The van der Waals surface area contributed by atoms with Crippen LogP contribution in [0.5, 0.6) is 0 Å². The minimum atomic E-state index is -3.71. The Balaban J connectivity index is 1.56. The van der Waals surface area contributed by atoms with E-state index in [0.29, 0.717) is 35.6 Å². The highest BCUT2D eigenvalue weighted by Crippen LogP contribution is 2.38. The van der Waals surface area contributed by atoms with Gasteiger partial charge in [0.1, 0.15) is 10.8 Å². The normalized spacial score (nSPS) is 17.1. The fraction of sp³-hybridized carbons (Fsp3) is 0.286. The number of amides is 1. The number of aromatic nitrogens is 2. The van der Waals surface area contributed by atoms with Gasteiger partial charge in [0.25, 0.3) is 5.91 Å². The molecule has 1 aromatic heterocycles. The van der Waals surface area contributed by atoms with E-state index in [-0.39, 0.29) is 9.90 Å². The topological polar surface area (TPSA) is 92.3 Å². The molecule has 1 aliphatic heterocycles. The molecule has 2 aromatic carbocycles. The third-order valence-corrected chi connectivity index (χ3v) is 8.23. The average Bonchev–Trinajstić information content (AvgIpc) is 3.39. The van der Waals surface area contributed by atoms with Crippen LogP contribution in [0.1, 0.15) is 44.8 Å². The zero-order valence-electron chi connectivity index (χ0n) is 17.0. The SMILES string of the molecule is Cc1ccc(S(=O)(=O)N2CCC[C@@H]2c2nnc(C(=O)Nc3ccc(F)cc3)s2)c(C)c1. The van der Waals surface area contributed by atoms with Gasteiger partial charge in [0.2, 0.25) is 15.0 Å². The second kappa shape index (κ2) is 8.45. The fourth-order valence-electron chi connectivity index (χ4n) is 3.67. The number of rotatable bonds is 5. The van der Waals surface area contributed by atoms with Crippen LogP contribution in [0.25, 0.3) is 0 Å². The molecule has 0 saturated carbocycles. The predicted octanol–water partition coefficient (Wildman–Crippen LogP) is 4.07. The highest BCUT2D eigenvalue weighted by molar-refractivity contribution is 7.89. The zero-order valence-corrected chi connectivity index (χ0v) is 18.6. The second-order valence-electron chi connectivity index (χ2n) is 7.45. The molecule has 162 valence electrons. The van der Waals surface area contributed by atoms with Gasteiger partial charge in [-0.2, -0.15) is 4.31 Å². The number of hydrogen-bond donors (Lipinski definition) is 1. The molecule has 1 N–H and O–H groups in total. The Labute approximate surface area is 184 Å². The first-order valence-electron chi connectivity index (χ1n) is 9.75.